The van der Waals surface area contributed by atoms with Gasteiger partial charge in [-0.25, -0.2) is 19.2 Å². The Morgan fingerprint density at radius 3 is 1.61 bits per heavy atom. The van der Waals surface area contributed by atoms with E-state index in [1.165, 1.54) is 20.8 Å². The number of fused-ring (bicyclic) bond motifs is 1. The minimum Gasteiger partial charge on any atom is -0.426 e. The van der Waals surface area contributed by atoms with Crippen LogP contribution in [0.25, 0.3) is 0 Å². The zero-order chi connectivity index (χ0) is 26.5. The molecule has 0 amide bonds. The number of benzene rings is 1. The molecule has 0 aromatic heterocycles. The molecule has 0 unspecified atom stereocenters. The van der Waals surface area contributed by atoms with Crippen LogP contribution in [0.5, 0.6) is 0 Å². The molecule has 1 fully saturated rings. The van der Waals surface area contributed by atoms with Crippen LogP contribution in [0.3, 0.4) is 0 Å². The number of carbonyl (C=O) groups is 6. The normalized spacial score (nSPS) is 15.0. The van der Waals surface area contributed by atoms with Crippen molar-refractivity contribution >= 4 is 35.8 Å². The van der Waals surface area contributed by atoms with E-state index in [4.69, 9.17) is 0 Å². The number of rotatable bonds is 4. The van der Waals surface area contributed by atoms with E-state index < -0.39 is 42.1 Å². The first-order chi connectivity index (χ1) is 16.5. The smallest absolute Gasteiger partial charge is 0.346 e. The number of hydrogen-bond donors (Lipinski definition) is 0. The Balaban J connectivity index is -0.000000472. The molecule has 0 bridgehead atoms. The van der Waals surface area contributed by atoms with E-state index in [-0.39, 0.29) is 22.3 Å². The molecule has 10 heteroatoms. The topological polar surface area (TPSA) is 139 Å². The summed E-state index contributed by atoms with van der Waals surface area (Å²) < 4.78 is 17.8. The third kappa shape index (κ3) is 12.1. The van der Waals surface area contributed by atoms with Crippen molar-refractivity contribution in [1.29, 1.82) is 0 Å². The highest BCUT2D eigenvalue weighted by Crippen LogP contribution is 2.22. The first-order valence-electron chi connectivity index (χ1n) is 10.5. The molecule has 0 saturated carbocycles. The molecule has 2 aliphatic heterocycles. The fourth-order valence-corrected chi connectivity index (χ4v) is 2.73. The zero-order valence-electron chi connectivity index (χ0n) is 20.0. The molecule has 38 heavy (non-hydrogen) atoms. The van der Waals surface area contributed by atoms with Gasteiger partial charge in [-0.3, -0.25) is 9.59 Å². The lowest BCUT2D eigenvalue weighted by atomic mass is 10.1. The van der Waals surface area contributed by atoms with Gasteiger partial charge in [0.05, 0.1) is 22.3 Å². The second kappa shape index (κ2) is 18.9. The third-order valence-corrected chi connectivity index (χ3v) is 4.11. The number of cyclic esters (lactones) is 4. The van der Waals surface area contributed by atoms with Crippen LogP contribution < -0.4 is 0 Å². The van der Waals surface area contributed by atoms with Gasteiger partial charge in [0.15, 0.2) is 0 Å². The van der Waals surface area contributed by atoms with E-state index in [1.54, 1.807) is 43.3 Å². The summed E-state index contributed by atoms with van der Waals surface area (Å²) in [5, 5.41) is 0. The number of ether oxygens (including phenoxy) is 4. The standard InChI is InChI=1S/C11H12O3.C8H4O3.C6H10O4.3CH4/c1-3-5-6-7-9-8(4-2)10(12)14-11(9)13;9-7-5-3-1-2-4-6(5)8(10)11-7;1-4(7)9-6(3)10-5(2)8;;;/h3-5,7H,6H2,1-2H3;1-4H;6H,1-3H3;3*1H4/b5-3?,8-4+,9-7+;;;;;. The van der Waals surface area contributed by atoms with Crippen LogP contribution in [0.2, 0.25) is 0 Å². The van der Waals surface area contributed by atoms with Crippen LogP contribution in [0, 0.1) is 0 Å². The van der Waals surface area contributed by atoms with Crippen LogP contribution >= 0.6 is 0 Å². The summed E-state index contributed by atoms with van der Waals surface area (Å²) in [5.41, 5.74) is 1.45. The maximum atomic E-state index is 11.2. The molecule has 10 nitrogen and oxygen atoms in total. The van der Waals surface area contributed by atoms with Crippen molar-refractivity contribution < 1.29 is 47.7 Å². The monoisotopic (exact) mass is 534 g/mol. The fraction of sp³-hybridized carbons (Fsp3) is 0.357. The highest BCUT2D eigenvalue weighted by molar-refractivity contribution is 6.18. The molecule has 2 heterocycles. The lowest BCUT2D eigenvalue weighted by Crippen LogP contribution is -2.18. The van der Waals surface area contributed by atoms with Crippen LogP contribution in [0.15, 0.2) is 59.7 Å². The Kier molecular flexibility index (Phi) is 19.0. The predicted molar refractivity (Wildman–Crippen MR) is 142 cm³/mol. The van der Waals surface area contributed by atoms with Crippen LogP contribution in [0.1, 0.15) is 84.0 Å². The molecule has 0 radical (unpaired) electrons. The van der Waals surface area contributed by atoms with Gasteiger partial charge in [0.2, 0.25) is 6.29 Å². The molecule has 3 rings (SSSR count). The molecule has 1 aromatic rings. The van der Waals surface area contributed by atoms with Crippen LogP contribution in [-0.2, 0) is 38.1 Å². The number of allylic oxidation sites excluding steroid dienone is 4. The van der Waals surface area contributed by atoms with Crippen molar-refractivity contribution in [3.8, 4) is 0 Å². The quantitative estimate of drug-likeness (QED) is 0.125. The Labute approximate surface area is 224 Å². The van der Waals surface area contributed by atoms with Gasteiger partial charge >= 0.3 is 35.8 Å². The Morgan fingerprint density at radius 1 is 0.789 bits per heavy atom. The largest absolute Gasteiger partial charge is 0.426 e. The summed E-state index contributed by atoms with van der Waals surface area (Å²) in [7, 11) is 0. The Hall–Kier alpha value is -4.34. The molecule has 1 saturated heterocycles. The molecule has 0 spiro atoms. The van der Waals surface area contributed by atoms with Gasteiger partial charge in [-0.2, -0.15) is 0 Å². The summed E-state index contributed by atoms with van der Waals surface area (Å²) in [4.78, 5) is 64.4. The fourth-order valence-electron chi connectivity index (χ4n) is 2.73. The summed E-state index contributed by atoms with van der Waals surface area (Å²) >= 11 is 0. The number of hydrogen-bond acceptors (Lipinski definition) is 10. The molecule has 2 aliphatic rings. The average molecular weight is 535 g/mol. The van der Waals surface area contributed by atoms with Gasteiger partial charge in [-0.05, 0) is 32.4 Å². The average Bonchev–Trinajstić information content (AvgIpc) is 3.22. The summed E-state index contributed by atoms with van der Waals surface area (Å²) in [5.74, 6) is -3.13. The summed E-state index contributed by atoms with van der Waals surface area (Å²) in [6.07, 6.45) is 6.92. The summed E-state index contributed by atoms with van der Waals surface area (Å²) in [6.45, 7) is 7.58. The van der Waals surface area contributed by atoms with Gasteiger partial charge in [-0.1, -0.05) is 58.7 Å². The van der Waals surface area contributed by atoms with Crippen LogP contribution in [-0.4, -0.2) is 42.1 Å². The van der Waals surface area contributed by atoms with E-state index in [2.05, 4.69) is 18.9 Å². The second-order valence-electron chi connectivity index (χ2n) is 6.81. The van der Waals surface area contributed by atoms with Crippen molar-refractivity contribution in [2.75, 3.05) is 0 Å². The van der Waals surface area contributed by atoms with E-state index in [1.807, 2.05) is 19.1 Å². The first kappa shape index (κ1) is 38.2. The van der Waals surface area contributed by atoms with E-state index in [9.17, 15) is 28.8 Å². The third-order valence-electron chi connectivity index (χ3n) is 4.11. The lowest BCUT2D eigenvalue weighted by molar-refractivity contribution is -0.181. The maximum absolute atomic E-state index is 11.2. The van der Waals surface area contributed by atoms with Gasteiger partial charge < -0.3 is 18.9 Å². The van der Waals surface area contributed by atoms with E-state index in [0.29, 0.717) is 28.7 Å². The van der Waals surface area contributed by atoms with Crippen molar-refractivity contribution in [3.05, 3.63) is 70.8 Å². The van der Waals surface area contributed by atoms with Crippen molar-refractivity contribution in [3.63, 3.8) is 0 Å². The minimum atomic E-state index is -0.782. The lowest BCUT2D eigenvalue weighted by Gasteiger charge is -2.10. The maximum Gasteiger partial charge on any atom is 0.346 e. The first-order valence-corrected chi connectivity index (χ1v) is 10.5. The minimum absolute atomic E-state index is 0. The van der Waals surface area contributed by atoms with Crippen molar-refractivity contribution in [2.24, 2.45) is 0 Å². The zero-order valence-corrected chi connectivity index (χ0v) is 20.0. The van der Waals surface area contributed by atoms with Crippen molar-refractivity contribution in [1.82, 2.24) is 0 Å². The van der Waals surface area contributed by atoms with Gasteiger partial charge in [0, 0.05) is 20.8 Å². The molecule has 1 aromatic carbocycles. The van der Waals surface area contributed by atoms with Crippen molar-refractivity contribution in [2.45, 2.75) is 69.6 Å². The predicted octanol–water partition coefficient (Wildman–Crippen LogP) is 5.27. The Morgan fingerprint density at radius 2 is 1.21 bits per heavy atom. The van der Waals surface area contributed by atoms with E-state index >= 15 is 0 Å². The molecule has 210 valence electrons. The van der Waals surface area contributed by atoms with Gasteiger partial charge in [0.1, 0.15) is 0 Å². The molecular weight excluding hydrogens is 496 g/mol. The SMILES string of the molecule is C.C.C.CC(=O)OC(C)OC(C)=O.CC=CC/C=C1/C(=O)OC(=O)/C1=C/C.O=C1OC(=O)c2ccccc21. The molecule has 0 N–H and O–H groups in total. The number of esters is 6. The molecule has 0 atom stereocenters. The molecule has 0 aliphatic carbocycles. The highest BCUT2D eigenvalue weighted by atomic mass is 16.7. The van der Waals surface area contributed by atoms with Crippen LogP contribution in [0.4, 0.5) is 0 Å². The second-order valence-corrected chi connectivity index (χ2v) is 6.81. The summed E-state index contributed by atoms with van der Waals surface area (Å²) in [6, 6.07) is 6.53. The van der Waals surface area contributed by atoms with Gasteiger partial charge in [-0.15, -0.1) is 0 Å². The van der Waals surface area contributed by atoms with Gasteiger partial charge in [0.25, 0.3) is 0 Å². The molecular formula is C28H38O10. The highest BCUT2D eigenvalue weighted by Gasteiger charge is 2.32. The van der Waals surface area contributed by atoms with E-state index in [0.717, 1.165) is 0 Å². The Bertz CT molecular complexity index is 1040. The number of carbonyl (C=O) groups excluding carboxylic acids is 6.